The first-order chi connectivity index (χ1) is 9.00. The van der Waals surface area contributed by atoms with Crippen molar-refractivity contribution >= 4 is 45.6 Å². The average Bonchev–Trinajstić information content (AvgIpc) is 2.85. The predicted octanol–water partition coefficient (Wildman–Crippen LogP) is 2.69. The maximum Gasteiger partial charge on any atom is 0.242 e. The molecule has 114 valence electrons. The first-order valence-electron chi connectivity index (χ1n) is 6.15. The number of hydrogen-bond donors (Lipinski definition) is 2. The fourth-order valence-electron chi connectivity index (χ4n) is 2.13. The Kier molecular flexibility index (Phi) is 7.04. The van der Waals surface area contributed by atoms with Gasteiger partial charge in [-0.15, -0.1) is 12.4 Å². The molecule has 1 aliphatic heterocycles. The van der Waals surface area contributed by atoms with E-state index in [4.69, 9.17) is 23.2 Å². The second kappa shape index (κ2) is 7.82. The average molecular weight is 360 g/mol. The van der Waals surface area contributed by atoms with Gasteiger partial charge in [0.25, 0.3) is 0 Å². The van der Waals surface area contributed by atoms with Gasteiger partial charge >= 0.3 is 0 Å². The molecule has 0 aromatic heterocycles. The van der Waals surface area contributed by atoms with Crippen LogP contribution in [0.4, 0.5) is 0 Å². The van der Waals surface area contributed by atoms with E-state index in [2.05, 4.69) is 10.0 Å². The lowest BCUT2D eigenvalue weighted by Crippen LogP contribution is -2.27. The maximum absolute atomic E-state index is 12.1. The Hall–Kier alpha value is -0.0400. The third-order valence-electron chi connectivity index (χ3n) is 3.21. The molecule has 2 rings (SSSR count). The highest BCUT2D eigenvalue weighted by Gasteiger charge is 2.20. The van der Waals surface area contributed by atoms with E-state index in [1.807, 2.05) is 0 Å². The van der Waals surface area contributed by atoms with Crippen LogP contribution in [0.25, 0.3) is 0 Å². The minimum absolute atomic E-state index is 0. The fourth-order valence-corrected chi connectivity index (χ4v) is 3.93. The van der Waals surface area contributed by atoms with Crippen molar-refractivity contribution in [3.63, 3.8) is 0 Å². The van der Waals surface area contributed by atoms with Crippen LogP contribution in [0.5, 0.6) is 0 Å². The molecule has 20 heavy (non-hydrogen) atoms. The van der Waals surface area contributed by atoms with Crippen molar-refractivity contribution in [1.29, 1.82) is 0 Å². The SMILES string of the molecule is Cl.O=S(=O)(NCCC1CCNC1)c1cccc(Cl)c1Cl. The fraction of sp³-hybridized carbons (Fsp3) is 0.500. The molecular formula is C12H17Cl3N2O2S. The zero-order valence-electron chi connectivity index (χ0n) is 10.7. The number of halogens is 3. The molecule has 0 radical (unpaired) electrons. The first kappa shape index (κ1) is 18.0. The van der Waals surface area contributed by atoms with Gasteiger partial charge in [-0.05, 0) is 44.0 Å². The predicted molar refractivity (Wildman–Crippen MR) is 84.5 cm³/mol. The van der Waals surface area contributed by atoms with Crippen LogP contribution in [0.2, 0.25) is 10.0 Å². The van der Waals surface area contributed by atoms with E-state index >= 15 is 0 Å². The zero-order valence-corrected chi connectivity index (χ0v) is 13.9. The topological polar surface area (TPSA) is 58.2 Å². The maximum atomic E-state index is 12.1. The normalized spacial score (nSPS) is 18.8. The molecule has 1 heterocycles. The summed E-state index contributed by atoms with van der Waals surface area (Å²) in [5.74, 6) is 0.539. The summed E-state index contributed by atoms with van der Waals surface area (Å²) in [6, 6.07) is 4.59. The van der Waals surface area contributed by atoms with Gasteiger partial charge in [-0.3, -0.25) is 0 Å². The summed E-state index contributed by atoms with van der Waals surface area (Å²) >= 11 is 11.7. The summed E-state index contributed by atoms with van der Waals surface area (Å²) in [6.45, 7) is 2.38. The largest absolute Gasteiger partial charge is 0.316 e. The standard InChI is InChI=1S/C12H16Cl2N2O2S.ClH/c13-10-2-1-3-11(12(10)14)19(17,18)16-7-5-9-4-6-15-8-9;/h1-3,9,15-16H,4-8H2;1H. The van der Waals surface area contributed by atoms with Crippen LogP contribution >= 0.6 is 35.6 Å². The van der Waals surface area contributed by atoms with E-state index in [1.54, 1.807) is 12.1 Å². The van der Waals surface area contributed by atoms with E-state index in [9.17, 15) is 8.42 Å². The monoisotopic (exact) mass is 358 g/mol. The van der Waals surface area contributed by atoms with Gasteiger partial charge in [0, 0.05) is 6.54 Å². The summed E-state index contributed by atoms with van der Waals surface area (Å²) in [5.41, 5.74) is 0. The second-order valence-electron chi connectivity index (χ2n) is 4.60. The Balaban J connectivity index is 0.00000200. The zero-order chi connectivity index (χ0) is 13.9. The van der Waals surface area contributed by atoms with Gasteiger partial charge in [0.1, 0.15) is 4.90 Å². The van der Waals surface area contributed by atoms with Crippen LogP contribution in [-0.2, 0) is 10.0 Å². The van der Waals surface area contributed by atoms with Crippen molar-refractivity contribution in [2.75, 3.05) is 19.6 Å². The van der Waals surface area contributed by atoms with E-state index in [1.165, 1.54) is 6.07 Å². The van der Waals surface area contributed by atoms with Crippen molar-refractivity contribution < 1.29 is 8.42 Å². The highest BCUT2D eigenvalue weighted by atomic mass is 35.5. The number of rotatable bonds is 5. The molecule has 4 nitrogen and oxygen atoms in total. The summed E-state index contributed by atoms with van der Waals surface area (Å²) in [5, 5.41) is 3.56. The Labute approximate surface area is 135 Å². The number of sulfonamides is 1. The van der Waals surface area contributed by atoms with Gasteiger partial charge in [0.05, 0.1) is 10.0 Å². The molecular weight excluding hydrogens is 343 g/mol. The molecule has 0 saturated carbocycles. The molecule has 1 aliphatic rings. The lowest BCUT2D eigenvalue weighted by atomic mass is 10.1. The molecule has 0 aliphatic carbocycles. The highest BCUT2D eigenvalue weighted by molar-refractivity contribution is 7.89. The second-order valence-corrected chi connectivity index (χ2v) is 7.12. The van der Waals surface area contributed by atoms with Crippen LogP contribution in [0.1, 0.15) is 12.8 Å². The van der Waals surface area contributed by atoms with Crippen LogP contribution in [-0.4, -0.2) is 28.1 Å². The Morgan fingerprint density at radius 3 is 2.75 bits per heavy atom. The van der Waals surface area contributed by atoms with Crippen molar-refractivity contribution in [2.45, 2.75) is 17.7 Å². The van der Waals surface area contributed by atoms with E-state index in [-0.39, 0.29) is 27.3 Å². The third kappa shape index (κ3) is 4.48. The quantitative estimate of drug-likeness (QED) is 0.850. The molecule has 2 N–H and O–H groups in total. The molecule has 0 amide bonds. The molecule has 1 unspecified atom stereocenters. The van der Waals surface area contributed by atoms with Gasteiger partial charge in [0.2, 0.25) is 10.0 Å². The van der Waals surface area contributed by atoms with Crippen molar-refractivity contribution in [3.8, 4) is 0 Å². The summed E-state index contributed by atoms with van der Waals surface area (Å²) in [7, 11) is -3.59. The Bertz CT molecular complexity index is 546. The molecule has 1 atom stereocenters. The van der Waals surface area contributed by atoms with Crippen molar-refractivity contribution in [1.82, 2.24) is 10.0 Å². The van der Waals surface area contributed by atoms with Gasteiger partial charge in [-0.25, -0.2) is 13.1 Å². The van der Waals surface area contributed by atoms with Crippen LogP contribution in [0.3, 0.4) is 0 Å². The van der Waals surface area contributed by atoms with Gasteiger partial charge in [-0.2, -0.15) is 0 Å². The lowest BCUT2D eigenvalue weighted by molar-refractivity contribution is 0.519. The van der Waals surface area contributed by atoms with Crippen molar-refractivity contribution in [3.05, 3.63) is 28.2 Å². The molecule has 8 heteroatoms. The molecule has 1 aromatic carbocycles. The van der Waals surface area contributed by atoms with Gasteiger partial charge < -0.3 is 5.32 Å². The minimum atomic E-state index is -3.59. The molecule has 0 spiro atoms. The van der Waals surface area contributed by atoms with E-state index in [0.717, 1.165) is 25.9 Å². The third-order valence-corrected chi connectivity index (χ3v) is 5.65. The van der Waals surface area contributed by atoms with Gasteiger partial charge in [0.15, 0.2) is 0 Å². The lowest BCUT2D eigenvalue weighted by Gasteiger charge is -2.11. The highest BCUT2D eigenvalue weighted by Crippen LogP contribution is 2.28. The number of nitrogens with one attached hydrogen (secondary N) is 2. The Morgan fingerprint density at radius 1 is 1.35 bits per heavy atom. The molecule has 1 fully saturated rings. The number of benzene rings is 1. The molecule has 1 saturated heterocycles. The minimum Gasteiger partial charge on any atom is -0.316 e. The summed E-state index contributed by atoms with van der Waals surface area (Å²) in [6.07, 6.45) is 1.92. The van der Waals surface area contributed by atoms with E-state index < -0.39 is 10.0 Å². The smallest absolute Gasteiger partial charge is 0.242 e. The van der Waals surface area contributed by atoms with Crippen molar-refractivity contribution in [2.24, 2.45) is 5.92 Å². The first-order valence-corrected chi connectivity index (χ1v) is 8.39. The molecule has 0 bridgehead atoms. The van der Waals surface area contributed by atoms with Crippen LogP contribution in [0, 0.1) is 5.92 Å². The van der Waals surface area contributed by atoms with E-state index in [0.29, 0.717) is 12.5 Å². The summed E-state index contributed by atoms with van der Waals surface area (Å²) in [4.78, 5) is 0.0335. The Morgan fingerprint density at radius 2 is 2.10 bits per heavy atom. The van der Waals surface area contributed by atoms with Crippen LogP contribution in [0.15, 0.2) is 23.1 Å². The van der Waals surface area contributed by atoms with Crippen LogP contribution < -0.4 is 10.0 Å². The molecule has 1 aromatic rings. The van der Waals surface area contributed by atoms with Gasteiger partial charge in [-0.1, -0.05) is 29.3 Å². The summed E-state index contributed by atoms with van der Waals surface area (Å²) < 4.78 is 26.8. The number of hydrogen-bond acceptors (Lipinski definition) is 3.